The number of hydroxylamine groups is 1. The first kappa shape index (κ1) is 12.1. The van der Waals surface area contributed by atoms with E-state index in [1.54, 1.807) is 0 Å². The second kappa shape index (κ2) is 5.78. The number of rotatable bonds is 5. The zero-order valence-corrected chi connectivity index (χ0v) is 9.27. The molecule has 0 saturated carbocycles. The van der Waals surface area contributed by atoms with Crippen molar-refractivity contribution in [3.8, 4) is 5.75 Å². The highest BCUT2D eigenvalue weighted by Gasteiger charge is 2.07. The lowest BCUT2D eigenvalue weighted by Crippen LogP contribution is -2.19. The van der Waals surface area contributed by atoms with Gasteiger partial charge in [-0.25, -0.2) is 4.39 Å². The van der Waals surface area contributed by atoms with Crippen molar-refractivity contribution >= 4 is 17.3 Å². The number of benzene rings is 1. The Morgan fingerprint density at radius 1 is 1.53 bits per heavy atom. The van der Waals surface area contributed by atoms with Crippen LogP contribution in [0.3, 0.4) is 0 Å². The summed E-state index contributed by atoms with van der Waals surface area (Å²) in [5, 5.41) is 0.200. The Labute approximate surface area is 93.3 Å². The van der Waals surface area contributed by atoms with Crippen molar-refractivity contribution in [2.24, 2.45) is 0 Å². The van der Waals surface area contributed by atoms with Gasteiger partial charge in [0.25, 0.3) is 0 Å². The topological polar surface area (TPSA) is 47.3 Å². The van der Waals surface area contributed by atoms with Crippen LogP contribution >= 0.6 is 11.6 Å². The monoisotopic (exact) mass is 232 g/mol. The molecule has 0 heterocycles. The van der Waals surface area contributed by atoms with Crippen molar-refractivity contribution in [2.45, 2.75) is 19.8 Å². The fraction of sp³-hybridized carbons (Fsp3) is 0.400. The van der Waals surface area contributed by atoms with E-state index in [9.17, 15) is 4.39 Å². The minimum Gasteiger partial charge on any atom is -0.407 e. The molecular weight excluding hydrogens is 219 g/mol. The summed E-state index contributed by atoms with van der Waals surface area (Å²) in [6.45, 7) is 2.79. The van der Waals surface area contributed by atoms with Gasteiger partial charge in [-0.05, 0) is 12.5 Å². The maximum Gasteiger partial charge on any atom is 0.167 e. The molecule has 5 heteroatoms. The normalized spacial score (nSPS) is 10.3. The summed E-state index contributed by atoms with van der Waals surface area (Å²) in [6, 6.07) is 2.49. The van der Waals surface area contributed by atoms with E-state index in [2.05, 4.69) is 12.4 Å². The minimum absolute atomic E-state index is 0.0201. The molecule has 15 heavy (non-hydrogen) atoms. The average molecular weight is 233 g/mol. The van der Waals surface area contributed by atoms with Crippen LogP contribution in [-0.2, 0) is 0 Å². The zero-order chi connectivity index (χ0) is 11.3. The highest BCUT2D eigenvalue weighted by atomic mass is 35.5. The fourth-order valence-electron chi connectivity index (χ4n) is 1.00. The largest absolute Gasteiger partial charge is 0.407 e. The summed E-state index contributed by atoms with van der Waals surface area (Å²) < 4.78 is 12.9. The average Bonchev–Trinajstić information content (AvgIpc) is 2.20. The molecule has 0 fully saturated rings. The molecular formula is C10H14ClFN2O. The highest BCUT2D eigenvalue weighted by Crippen LogP contribution is 2.28. The van der Waals surface area contributed by atoms with E-state index in [0.717, 1.165) is 18.9 Å². The summed E-state index contributed by atoms with van der Waals surface area (Å²) in [5.41, 5.74) is 8.13. The second-order valence-electron chi connectivity index (χ2n) is 3.15. The van der Waals surface area contributed by atoms with Crippen LogP contribution < -0.4 is 16.1 Å². The molecule has 0 aromatic heterocycles. The Hall–Kier alpha value is -1.00. The van der Waals surface area contributed by atoms with Crippen LogP contribution in [0.15, 0.2) is 12.1 Å². The lowest BCUT2D eigenvalue weighted by molar-refractivity contribution is 0.194. The summed E-state index contributed by atoms with van der Waals surface area (Å²) in [7, 11) is 0. The number of hydrogen-bond donors (Lipinski definition) is 2. The van der Waals surface area contributed by atoms with Crippen molar-refractivity contribution in [1.29, 1.82) is 0 Å². The van der Waals surface area contributed by atoms with Crippen molar-refractivity contribution in [3.63, 3.8) is 0 Å². The van der Waals surface area contributed by atoms with E-state index in [-0.39, 0.29) is 10.7 Å². The Kier molecular flexibility index (Phi) is 4.65. The van der Waals surface area contributed by atoms with Crippen LogP contribution in [0.1, 0.15) is 19.8 Å². The van der Waals surface area contributed by atoms with Crippen molar-refractivity contribution in [1.82, 2.24) is 5.48 Å². The van der Waals surface area contributed by atoms with E-state index in [0.29, 0.717) is 12.3 Å². The van der Waals surface area contributed by atoms with E-state index in [4.69, 9.17) is 22.2 Å². The van der Waals surface area contributed by atoms with Gasteiger partial charge >= 0.3 is 0 Å². The first-order chi connectivity index (χ1) is 7.15. The highest BCUT2D eigenvalue weighted by molar-refractivity contribution is 6.32. The smallest absolute Gasteiger partial charge is 0.167 e. The summed E-state index contributed by atoms with van der Waals surface area (Å²) in [5.74, 6) is -0.201. The Bertz CT molecular complexity index is 333. The molecule has 1 aromatic rings. The third-order valence-corrected chi connectivity index (χ3v) is 2.16. The number of nitrogens with one attached hydrogen (secondary N) is 1. The fourth-order valence-corrected chi connectivity index (χ4v) is 1.19. The van der Waals surface area contributed by atoms with Gasteiger partial charge in [0.2, 0.25) is 0 Å². The molecule has 0 aliphatic carbocycles. The molecule has 0 aliphatic rings. The van der Waals surface area contributed by atoms with Gasteiger partial charge in [-0.1, -0.05) is 24.9 Å². The third kappa shape index (κ3) is 3.57. The predicted octanol–water partition coefficient (Wildman–Crippen LogP) is 2.74. The van der Waals surface area contributed by atoms with Crippen molar-refractivity contribution < 1.29 is 9.23 Å². The van der Waals surface area contributed by atoms with Crippen LogP contribution in [0.4, 0.5) is 10.1 Å². The molecule has 1 aromatic carbocycles. The molecule has 0 atom stereocenters. The van der Waals surface area contributed by atoms with E-state index in [1.165, 1.54) is 6.07 Å². The molecule has 0 saturated heterocycles. The minimum atomic E-state index is -0.541. The molecule has 0 radical (unpaired) electrons. The summed E-state index contributed by atoms with van der Waals surface area (Å²) in [6.07, 6.45) is 2.06. The van der Waals surface area contributed by atoms with Gasteiger partial charge in [-0.3, -0.25) is 0 Å². The molecule has 0 spiro atoms. The Morgan fingerprint density at radius 2 is 2.27 bits per heavy atom. The van der Waals surface area contributed by atoms with Gasteiger partial charge in [0.05, 0.1) is 10.7 Å². The third-order valence-electron chi connectivity index (χ3n) is 1.87. The van der Waals surface area contributed by atoms with Gasteiger partial charge in [-0.15, -0.1) is 0 Å². The molecule has 0 amide bonds. The lowest BCUT2D eigenvalue weighted by Gasteiger charge is -2.09. The number of nitrogen functional groups attached to an aromatic ring is 1. The molecule has 84 valence electrons. The molecule has 3 nitrogen and oxygen atoms in total. The summed E-state index contributed by atoms with van der Waals surface area (Å²) in [4.78, 5) is 5.15. The van der Waals surface area contributed by atoms with Gasteiger partial charge in [0.1, 0.15) is 5.82 Å². The second-order valence-corrected chi connectivity index (χ2v) is 3.56. The number of anilines is 1. The van der Waals surface area contributed by atoms with Crippen LogP contribution in [0, 0.1) is 5.82 Å². The predicted molar refractivity (Wildman–Crippen MR) is 59.4 cm³/mol. The first-order valence-corrected chi connectivity index (χ1v) is 5.17. The number of unbranched alkanes of at least 4 members (excludes halogenated alkanes) is 1. The maximum absolute atomic E-state index is 12.9. The molecule has 1 rings (SSSR count). The Balaban J connectivity index is 2.57. The maximum atomic E-state index is 12.9. The number of halogens is 2. The lowest BCUT2D eigenvalue weighted by atomic mass is 10.3. The molecule has 0 aliphatic heterocycles. The molecule has 0 unspecified atom stereocenters. The van der Waals surface area contributed by atoms with Gasteiger partial charge in [-0.2, -0.15) is 5.48 Å². The standard InChI is InChI=1S/C10H14ClFN2O/c1-2-3-4-14-15-10-6-9(13)8(12)5-7(10)11/h5-6,14H,2-4,13H2,1H3. The van der Waals surface area contributed by atoms with Crippen molar-refractivity contribution in [3.05, 3.63) is 23.0 Å². The quantitative estimate of drug-likeness (QED) is 0.466. The van der Waals surface area contributed by atoms with E-state index < -0.39 is 5.82 Å². The number of nitrogens with two attached hydrogens (primary N) is 1. The van der Waals surface area contributed by atoms with Gasteiger partial charge in [0.15, 0.2) is 5.75 Å². The van der Waals surface area contributed by atoms with Gasteiger partial charge in [0, 0.05) is 12.6 Å². The summed E-state index contributed by atoms with van der Waals surface area (Å²) >= 11 is 5.75. The first-order valence-electron chi connectivity index (χ1n) is 4.79. The van der Waals surface area contributed by atoms with Crippen LogP contribution in [0.2, 0.25) is 5.02 Å². The molecule has 3 N–H and O–H groups in total. The zero-order valence-electron chi connectivity index (χ0n) is 8.52. The van der Waals surface area contributed by atoms with Gasteiger partial charge < -0.3 is 10.6 Å². The van der Waals surface area contributed by atoms with Crippen molar-refractivity contribution in [2.75, 3.05) is 12.3 Å². The SMILES string of the molecule is CCCCNOc1cc(N)c(F)cc1Cl. The molecule has 0 bridgehead atoms. The van der Waals surface area contributed by atoms with Crippen LogP contribution in [-0.4, -0.2) is 6.54 Å². The van der Waals surface area contributed by atoms with Crippen LogP contribution in [0.25, 0.3) is 0 Å². The van der Waals surface area contributed by atoms with E-state index >= 15 is 0 Å². The van der Waals surface area contributed by atoms with Crippen LogP contribution in [0.5, 0.6) is 5.75 Å². The number of hydrogen-bond acceptors (Lipinski definition) is 3. The van der Waals surface area contributed by atoms with E-state index in [1.807, 2.05) is 0 Å². The Morgan fingerprint density at radius 3 is 2.93 bits per heavy atom.